The summed E-state index contributed by atoms with van der Waals surface area (Å²) in [5, 5.41) is 23.5. The van der Waals surface area contributed by atoms with Crippen molar-refractivity contribution in [3.8, 4) is 0 Å². The number of hydrogen-bond acceptors (Lipinski definition) is 5. The SMILES string of the molecule is CCCC/C=C\C/C=C\CCCCCCCC(=O)OCCCCCCCCCCCCCC/C=C\CCCCCCCCCCCCCC(=O)NC(CO)C(O)CCCCCCCCCCCCCCCCCCCCCCCCCCC. The van der Waals surface area contributed by atoms with Crippen LogP contribution in [0, 0.1) is 0 Å². The maximum Gasteiger partial charge on any atom is 0.305 e. The molecule has 1 amide bonds. The smallest absolute Gasteiger partial charge is 0.305 e. The van der Waals surface area contributed by atoms with Crippen molar-refractivity contribution in [2.24, 2.45) is 0 Å². The molecule has 6 heteroatoms. The highest BCUT2D eigenvalue weighted by atomic mass is 16.5. The zero-order valence-corrected chi connectivity index (χ0v) is 56.2. The van der Waals surface area contributed by atoms with Crippen molar-refractivity contribution in [2.45, 2.75) is 431 Å². The minimum atomic E-state index is -0.667. The molecule has 0 bridgehead atoms. The van der Waals surface area contributed by atoms with Crippen molar-refractivity contribution in [3.05, 3.63) is 36.5 Å². The normalized spacial score (nSPS) is 12.7. The van der Waals surface area contributed by atoms with E-state index in [1.807, 2.05) is 0 Å². The second-order valence-corrected chi connectivity index (χ2v) is 26.0. The van der Waals surface area contributed by atoms with Crippen LogP contribution in [0.3, 0.4) is 0 Å². The number of aliphatic hydroxyl groups is 2. The Kier molecular flexibility index (Phi) is 70.9. The molecule has 0 aliphatic heterocycles. The molecule has 0 saturated heterocycles. The van der Waals surface area contributed by atoms with Gasteiger partial charge in [-0.3, -0.25) is 9.59 Å². The van der Waals surface area contributed by atoms with Gasteiger partial charge in [0.15, 0.2) is 0 Å². The Morgan fingerprint density at radius 1 is 0.337 bits per heavy atom. The second-order valence-electron chi connectivity index (χ2n) is 26.0. The van der Waals surface area contributed by atoms with Gasteiger partial charge < -0.3 is 20.3 Å². The number of aliphatic hydroxyl groups excluding tert-OH is 2. The Morgan fingerprint density at radius 2 is 0.614 bits per heavy atom. The van der Waals surface area contributed by atoms with Crippen LogP contribution in [0.5, 0.6) is 0 Å². The van der Waals surface area contributed by atoms with Crippen LogP contribution in [0.1, 0.15) is 418 Å². The van der Waals surface area contributed by atoms with Crippen molar-refractivity contribution < 1.29 is 24.5 Å². The fraction of sp³-hybridized carbons (Fsp3) is 0.896. The summed E-state index contributed by atoms with van der Waals surface area (Å²) in [7, 11) is 0. The first-order valence-corrected chi connectivity index (χ1v) is 37.7. The minimum Gasteiger partial charge on any atom is -0.466 e. The van der Waals surface area contributed by atoms with Gasteiger partial charge in [-0.2, -0.15) is 0 Å². The number of rotatable bonds is 71. The third-order valence-electron chi connectivity index (χ3n) is 17.7. The van der Waals surface area contributed by atoms with Crippen molar-refractivity contribution in [3.63, 3.8) is 0 Å². The topological polar surface area (TPSA) is 95.9 Å². The molecular weight excluding hydrogens is 1020 g/mol. The van der Waals surface area contributed by atoms with E-state index in [2.05, 4.69) is 55.6 Å². The third kappa shape index (κ3) is 69.1. The van der Waals surface area contributed by atoms with Gasteiger partial charge in [0, 0.05) is 12.8 Å². The molecule has 3 N–H and O–H groups in total. The van der Waals surface area contributed by atoms with E-state index >= 15 is 0 Å². The lowest BCUT2D eigenvalue weighted by atomic mass is 10.0. The molecule has 83 heavy (non-hydrogen) atoms. The van der Waals surface area contributed by atoms with Gasteiger partial charge in [-0.1, -0.05) is 365 Å². The van der Waals surface area contributed by atoms with Gasteiger partial charge in [0.05, 0.1) is 25.4 Å². The number of esters is 1. The van der Waals surface area contributed by atoms with Gasteiger partial charge in [-0.25, -0.2) is 0 Å². The van der Waals surface area contributed by atoms with Gasteiger partial charge in [-0.05, 0) is 77.0 Å². The standard InChI is InChI=1S/C77H147NO5/c1-3-5-7-9-11-13-15-17-19-20-21-22-23-27-30-33-36-39-42-45-49-53-57-61-65-69-75(80)74(73-79)78-76(81)70-66-62-58-54-50-46-43-40-37-34-31-28-25-24-26-29-32-35-38-41-44-48-52-56-60-64-68-72-83-77(82)71-67-63-59-55-51-47-18-16-14-12-10-8-6-4-2/h10,12,16,18,24-25,74-75,79-80H,3-9,11,13-15,17,19-23,26-73H2,1-2H3,(H,78,81)/b12-10-,18-16-,25-24-. The number of nitrogens with one attached hydrogen (secondary N) is 1. The molecular formula is C77H147NO5. The van der Waals surface area contributed by atoms with Crippen molar-refractivity contribution in [1.82, 2.24) is 5.32 Å². The van der Waals surface area contributed by atoms with E-state index in [4.69, 9.17) is 4.74 Å². The summed E-state index contributed by atoms with van der Waals surface area (Å²) in [6, 6.07) is -0.544. The summed E-state index contributed by atoms with van der Waals surface area (Å²) in [6.45, 7) is 4.95. The summed E-state index contributed by atoms with van der Waals surface area (Å²) in [5.74, 6) is -0.0298. The summed E-state index contributed by atoms with van der Waals surface area (Å²) >= 11 is 0. The van der Waals surface area contributed by atoms with Crippen LogP contribution in [0.15, 0.2) is 36.5 Å². The number of unbranched alkanes of at least 4 members (excludes halogenated alkanes) is 54. The molecule has 0 radical (unpaired) electrons. The molecule has 0 aromatic heterocycles. The monoisotopic (exact) mass is 1170 g/mol. The molecule has 2 atom stereocenters. The average Bonchev–Trinajstić information content (AvgIpc) is 3.49. The molecule has 0 spiro atoms. The molecule has 6 nitrogen and oxygen atoms in total. The van der Waals surface area contributed by atoms with Crippen LogP contribution >= 0.6 is 0 Å². The lowest BCUT2D eigenvalue weighted by Crippen LogP contribution is -2.45. The summed E-state index contributed by atoms with van der Waals surface area (Å²) < 4.78 is 5.48. The Balaban J connectivity index is 3.39. The molecule has 0 aliphatic carbocycles. The number of ether oxygens (including phenoxy) is 1. The van der Waals surface area contributed by atoms with Gasteiger partial charge in [0.2, 0.25) is 5.91 Å². The van der Waals surface area contributed by atoms with Crippen molar-refractivity contribution in [2.75, 3.05) is 13.2 Å². The number of amides is 1. The maximum absolute atomic E-state index is 12.6. The molecule has 0 aromatic carbocycles. The van der Waals surface area contributed by atoms with E-state index in [0.29, 0.717) is 25.9 Å². The summed E-state index contributed by atoms with van der Waals surface area (Å²) in [5.41, 5.74) is 0. The second kappa shape index (κ2) is 72.6. The van der Waals surface area contributed by atoms with E-state index in [0.717, 1.165) is 51.4 Å². The summed E-state index contributed by atoms with van der Waals surface area (Å²) in [4.78, 5) is 24.6. The van der Waals surface area contributed by atoms with Crippen LogP contribution < -0.4 is 5.32 Å². The number of allylic oxidation sites excluding steroid dienone is 6. The highest BCUT2D eigenvalue weighted by molar-refractivity contribution is 5.76. The zero-order chi connectivity index (χ0) is 59.9. The lowest BCUT2D eigenvalue weighted by molar-refractivity contribution is -0.143. The van der Waals surface area contributed by atoms with E-state index in [1.54, 1.807) is 0 Å². The minimum absolute atomic E-state index is 0.00114. The fourth-order valence-corrected chi connectivity index (χ4v) is 11.9. The predicted molar refractivity (Wildman–Crippen MR) is 366 cm³/mol. The zero-order valence-electron chi connectivity index (χ0n) is 56.2. The van der Waals surface area contributed by atoms with Crippen LogP contribution in [-0.2, 0) is 14.3 Å². The van der Waals surface area contributed by atoms with Gasteiger partial charge in [0.25, 0.3) is 0 Å². The maximum atomic E-state index is 12.6. The van der Waals surface area contributed by atoms with Crippen LogP contribution in [0.25, 0.3) is 0 Å². The average molecular weight is 1170 g/mol. The predicted octanol–water partition coefficient (Wildman–Crippen LogP) is 24.7. The highest BCUT2D eigenvalue weighted by Crippen LogP contribution is 2.19. The molecule has 490 valence electrons. The Morgan fingerprint density at radius 3 is 0.964 bits per heavy atom. The van der Waals surface area contributed by atoms with Gasteiger partial charge in [0.1, 0.15) is 0 Å². The first-order valence-electron chi connectivity index (χ1n) is 37.7. The quantitative estimate of drug-likeness (QED) is 0.0320. The van der Waals surface area contributed by atoms with E-state index in [1.165, 1.54) is 334 Å². The first kappa shape index (κ1) is 81.1. The highest BCUT2D eigenvalue weighted by Gasteiger charge is 2.20. The largest absolute Gasteiger partial charge is 0.466 e. The molecule has 0 fully saturated rings. The van der Waals surface area contributed by atoms with E-state index in [9.17, 15) is 19.8 Å². The lowest BCUT2D eigenvalue weighted by Gasteiger charge is -2.22. The van der Waals surface area contributed by atoms with E-state index < -0.39 is 12.1 Å². The molecule has 2 unspecified atom stereocenters. The van der Waals surface area contributed by atoms with E-state index in [-0.39, 0.29) is 18.5 Å². The van der Waals surface area contributed by atoms with Gasteiger partial charge in [-0.15, -0.1) is 0 Å². The fourth-order valence-electron chi connectivity index (χ4n) is 11.9. The summed E-state index contributed by atoms with van der Waals surface area (Å²) in [6.07, 6.45) is 93.5. The third-order valence-corrected chi connectivity index (χ3v) is 17.7. The van der Waals surface area contributed by atoms with Crippen molar-refractivity contribution >= 4 is 11.9 Å². The molecule has 0 heterocycles. The number of carbonyl (C=O) groups excluding carboxylic acids is 2. The van der Waals surface area contributed by atoms with Crippen LogP contribution in [0.2, 0.25) is 0 Å². The Bertz CT molecular complexity index is 1340. The number of carbonyl (C=O) groups is 2. The van der Waals surface area contributed by atoms with Gasteiger partial charge >= 0.3 is 5.97 Å². The molecule has 0 rings (SSSR count). The molecule has 0 aliphatic rings. The molecule has 0 aromatic rings. The first-order chi connectivity index (χ1) is 41.0. The van der Waals surface area contributed by atoms with Crippen molar-refractivity contribution in [1.29, 1.82) is 0 Å². The Labute approximate surface area is 519 Å². The number of hydrogen-bond donors (Lipinski definition) is 3. The van der Waals surface area contributed by atoms with Crippen LogP contribution in [0.4, 0.5) is 0 Å². The van der Waals surface area contributed by atoms with Crippen LogP contribution in [-0.4, -0.2) is 47.4 Å². The Hall–Kier alpha value is -1.92. The molecule has 0 saturated carbocycles.